The number of hydrogen-bond donors (Lipinski definition) is 0. The highest BCUT2D eigenvalue weighted by molar-refractivity contribution is 5.96. The van der Waals surface area contributed by atoms with Crippen molar-refractivity contribution in [1.29, 1.82) is 0 Å². The van der Waals surface area contributed by atoms with Crippen molar-refractivity contribution in [2.75, 3.05) is 26.3 Å². The molecule has 208 valence electrons. The average Bonchev–Trinajstić information content (AvgIpc) is 3.42. The van der Waals surface area contributed by atoms with Crippen LogP contribution in [0.3, 0.4) is 0 Å². The SMILES string of the molecule is CCOCCCN(CC(=O)N(Cc1ccccc1)Cc1cccn1Cc1ccc(F)cc1)C(=O)c1ccccc1. The van der Waals surface area contributed by atoms with Gasteiger partial charge in [0.2, 0.25) is 5.91 Å². The van der Waals surface area contributed by atoms with Crippen LogP contribution in [-0.2, 0) is 29.2 Å². The largest absolute Gasteiger partial charge is 0.382 e. The molecular formula is C33H36FN3O3. The maximum absolute atomic E-state index is 13.9. The van der Waals surface area contributed by atoms with Crippen LogP contribution in [0.1, 0.15) is 40.5 Å². The summed E-state index contributed by atoms with van der Waals surface area (Å²) in [6.07, 6.45) is 2.60. The van der Waals surface area contributed by atoms with E-state index in [1.807, 2.05) is 73.8 Å². The lowest BCUT2D eigenvalue weighted by Gasteiger charge is -2.28. The molecular weight excluding hydrogens is 505 g/mol. The molecule has 0 fully saturated rings. The van der Waals surface area contributed by atoms with Gasteiger partial charge in [-0.1, -0.05) is 60.7 Å². The number of carbonyl (C=O) groups is 2. The summed E-state index contributed by atoms with van der Waals surface area (Å²) in [7, 11) is 0. The number of ether oxygens (including phenoxy) is 1. The van der Waals surface area contributed by atoms with Crippen LogP contribution in [0.5, 0.6) is 0 Å². The van der Waals surface area contributed by atoms with Gasteiger partial charge in [0, 0.05) is 50.3 Å². The molecule has 0 aliphatic carbocycles. The maximum atomic E-state index is 13.9. The summed E-state index contributed by atoms with van der Waals surface area (Å²) in [5, 5.41) is 0. The van der Waals surface area contributed by atoms with Crippen LogP contribution < -0.4 is 0 Å². The molecule has 0 spiro atoms. The van der Waals surface area contributed by atoms with Crippen LogP contribution in [0.4, 0.5) is 4.39 Å². The zero-order valence-electron chi connectivity index (χ0n) is 22.9. The molecule has 0 saturated carbocycles. The number of hydrogen-bond acceptors (Lipinski definition) is 3. The number of nitrogens with zero attached hydrogens (tertiary/aromatic N) is 3. The van der Waals surface area contributed by atoms with Crippen molar-refractivity contribution in [3.05, 3.63) is 131 Å². The molecule has 0 saturated heterocycles. The average molecular weight is 542 g/mol. The van der Waals surface area contributed by atoms with Crippen LogP contribution >= 0.6 is 0 Å². The minimum Gasteiger partial charge on any atom is -0.382 e. The Morgan fingerprint density at radius 3 is 2.20 bits per heavy atom. The molecule has 0 bridgehead atoms. The third kappa shape index (κ3) is 8.38. The van der Waals surface area contributed by atoms with E-state index in [0.717, 1.165) is 16.8 Å². The topological polar surface area (TPSA) is 54.8 Å². The minimum absolute atomic E-state index is 0.0364. The van der Waals surface area contributed by atoms with E-state index in [2.05, 4.69) is 4.57 Å². The van der Waals surface area contributed by atoms with Gasteiger partial charge in [0.25, 0.3) is 5.91 Å². The van der Waals surface area contributed by atoms with Gasteiger partial charge in [-0.25, -0.2) is 4.39 Å². The summed E-state index contributed by atoms with van der Waals surface area (Å²) in [5.41, 5.74) is 3.47. The molecule has 4 aromatic rings. The molecule has 0 aliphatic rings. The summed E-state index contributed by atoms with van der Waals surface area (Å²) in [6.45, 7) is 4.78. The first kappa shape index (κ1) is 28.8. The van der Waals surface area contributed by atoms with E-state index in [1.54, 1.807) is 34.1 Å². The first-order valence-corrected chi connectivity index (χ1v) is 13.7. The Bertz CT molecular complexity index is 1340. The van der Waals surface area contributed by atoms with Gasteiger partial charge in [-0.3, -0.25) is 9.59 Å². The third-order valence-corrected chi connectivity index (χ3v) is 6.67. The standard InChI is InChI=1S/C33H36FN3O3/c1-2-40-22-10-21-36(33(39)29-13-7-4-8-14-29)26-32(38)37(24-27-11-5-3-6-12-27)25-31-15-9-20-35(31)23-28-16-18-30(34)19-17-28/h3-9,11-20H,2,10,21-26H2,1H3. The zero-order valence-corrected chi connectivity index (χ0v) is 22.9. The second-order valence-corrected chi connectivity index (χ2v) is 9.63. The third-order valence-electron chi connectivity index (χ3n) is 6.67. The number of rotatable bonds is 14. The molecule has 0 aliphatic heterocycles. The van der Waals surface area contributed by atoms with E-state index in [-0.39, 0.29) is 24.2 Å². The molecule has 7 heteroatoms. The van der Waals surface area contributed by atoms with E-state index >= 15 is 0 Å². The van der Waals surface area contributed by atoms with Gasteiger partial charge in [-0.15, -0.1) is 0 Å². The quantitative estimate of drug-likeness (QED) is 0.190. The fourth-order valence-corrected chi connectivity index (χ4v) is 4.55. The van der Waals surface area contributed by atoms with Gasteiger partial charge in [0.15, 0.2) is 0 Å². The number of amides is 2. The monoisotopic (exact) mass is 541 g/mol. The fourth-order valence-electron chi connectivity index (χ4n) is 4.55. The van der Waals surface area contributed by atoms with E-state index in [4.69, 9.17) is 4.74 Å². The maximum Gasteiger partial charge on any atom is 0.254 e. The molecule has 0 atom stereocenters. The molecule has 1 heterocycles. The van der Waals surface area contributed by atoms with Gasteiger partial charge in [0.1, 0.15) is 12.4 Å². The molecule has 3 aromatic carbocycles. The van der Waals surface area contributed by atoms with E-state index < -0.39 is 0 Å². The predicted octanol–water partition coefficient (Wildman–Crippen LogP) is 5.77. The highest BCUT2D eigenvalue weighted by atomic mass is 19.1. The Kier molecular flexibility index (Phi) is 10.6. The van der Waals surface area contributed by atoms with Crippen LogP contribution in [-0.4, -0.2) is 52.5 Å². The number of aromatic nitrogens is 1. The normalized spacial score (nSPS) is 10.8. The van der Waals surface area contributed by atoms with Gasteiger partial charge in [-0.2, -0.15) is 0 Å². The summed E-state index contributed by atoms with van der Waals surface area (Å²) in [6, 6.07) is 29.3. The van der Waals surface area contributed by atoms with Crippen LogP contribution in [0.2, 0.25) is 0 Å². The lowest BCUT2D eigenvalue weighted by atomic mass is 10.1. The first-order chi connectivity index (χ1) is 19.5. The lowest BCUT2D eigenvalue weighted by molar-refractivity contribution is -0.133. The molecule has 0 radical (unpaired) electrons. The van der Waals surface area contributed by atoms with Crippen LogP contribution in [0.15, 0.2) is 103 Å². The van der Waals surface area contributed by atoms with Crippen LogP contribution in [0.25, 0.3) is 0 Å². The van der Waals surface area contributed by atoms with E-state index in [1.165, 1.54) is 12.1 Å². The number of halogens is 1. The smallest absolute Gasteiger partial charge is 0.254 e. The molecule has 2 amide bonds. The van der Waals surface area contributed by atoms with Gasteiger partial charge >= 0.3 is 0 Å². The first-order valence-electron chi connectivity index (χ1n) is 13.7. The zero-order chi connectivity index (χ0) is 28.2. The lowest BCUT2D eigenvalue weighted by Crippen LogP contribution is -2.43. The molecule has 0 unspecified atom stereocenters. The minimum atomic E-state index is -0.271. The van der Waals surface area contributed by atoms with Crippen molar-refractivity contribution in [2.45, 2.75) is 33.0 Å². The number of carbonyl (C=O) groups excluding carboxylic acids is 2. The molecule has 1 aromatic heterocycles. The van der Waals surface area contributed by atoms with Gasteiger partial charge in [0.05, 0.1) is 6.54 Å². The van der Waals surface area contributed by atoms with Crippen LogP contribution in [0, 0.1) is 5.82 Å². The van der Waals surface area contributed by atoms with Crippen molar-refractivity contribution < 1.29 is 18.7 Å². The van der Waals surface area contributed by atoms with Gasteiger partial charge in [-0.05, 0) is 60.9 Å². The highest BCUT2D eigenvalue weighted by Crippen LogP contribution is 2.15. The Morgan fingerprint density at radius 2 is 1.50 bits per heavy atom. The predicted molar refractivity (Wildman–Crippen MR) is 154 cm³/mol. The van der Waals surface area contributed by atoms with E-state index in [0.29, 0.717) is 51.4 Å². The summed E-state index contributed by atoms with van der Waals surface area (Å²) in [4.78, 5) is 30.7. The highest BCUT2D eigenvalue weighted by Gasteiger charge is 2.23. The Hall–Kier alpha value is -4.23. The summed E-state index contributed by atoms with van der Waals surface area (Å²) < 4.78 is 21.0. The molecule has 4 rings (SSSR count). The Morgan fingerprint density at radius 1 is 0.800 bits per heavy atom. The molecule has 0 N–H and O–H groups in total. The molecule has 6 nitrogen and oxygen atoms in total. The number of benzene rings is 3. The van der Waals surface area contributed by atoms with Gasteiger partial charge < -0.3 is 19.1 Å². The Labute approximate surface area is 235 Å². The summed E-state index contributed by atoms with van der Waals surface area (Å²) >= 11 is 0. The summed E-state index contributed by atoms with van der Waals surface area (Å²) in [5.74, 6) is -0.587. The second kappa shape index (κ2) is 14.8. The van der Waals surface area contributed by atoms with Crippen molar-refractivity contribution in [1.82, 2.24) is 14.4 Å². The van der Waals surface area contributed by atoms with E-state index in [9.17, 15) is 14.0 Å². The van der Waals surface area contributed by atoms with Crippen molar-refractivity contribution in [3.63, 3.8) is 0 Å². The Balaban J connectivity index is 1.54. The second-order valence-electron chi connectivity index (χ2n) is 9.63. The fraction of sp³-hybridized carbons (Fsp3) is 0.273. The van der Waals surface area contributed by atoms with Crippen molar-refractivity contribution >= 4 is 11.8 Å². The molecule has 40 heavy (non-hydrogen) atoms. The van der Waals surface area contributed by atoms with Crippen molar-refractivity contribution in [3.8, 4) is 0 Å². The van der Waals surface area contributed by atoms with Crippen molar-refractivity contribution in [2.24, 2.45) is 0 Å².